The number of fused-ring (bicyclic) bond motifs is 1. The van der Waals surface area contributed by atoms with E-state index < -0.39 is 16.7 Å². The highest BCUT2D eigenvalue weighted by atomic mass is 32.2. The summed E-state index contributed by atoms with van der Waals surface area (Å²) in [5.41, 5.74) is 2.25. The van der Waals surface area contributed by atoms with Crippen LogP contribution >= 0.6 is 11.8 Å². The van der Waals surface area contributed by atoms with Crippen LogP contribution in [0.15, 0.2) is 41.3 Å². The summed E-state index contributed by atoms with van der Waals surface area (Å²) in [4.78, 5) is 52.7. The molecule has 0 aliphatic carbocycles. The molecule has 10 nitrogen and oxygen atoms in total. The van der Waals surface area contributed by atoms with Crippen molar-refractivity contribution in [1.29, 1.82) is 0 Å². The SMILES string of the molecule is CC(C)(C)CCN1C(=O)[C@H](CC(=O)N2CCC(n3c(=O)[nH]c4ncccc43)CC2)SC1c1cccc(F)c1N1CC[C@H](O)C1. The van der Waals surface area contributed by atoms with E-state index in [1.165, 1.54) is 17.8 Å². The second-order valence-corrected chi connectivity index (χ2v) is 14.7. The van der Waals surface area contributed by atoms with Crippen molar-refractivity contribution in [2.45, 2.75) is 75.6 Å². The van der Waals surface area contributed by atoms with Crippen LogP contribution < -0.4 is 10.6 Å². The van der Waals surface area contributed by atoms with Crippen molar-refractivity contribution in [3.63, 3.8) is 0 Å². The van der Waals surface area contributed by atoms with Crippen molar-refractivity contribution >= 4 is 40.4 Å². The number of piperidine rings is 1. The van der Waals surface area contributed by atoms with Gasteiger partial charge in [0.2, 0.25) is 11.8 Å². The minimum Gasteiger partial charge on any atom is -0.391 e. The third-order valence-corrected chi connectivity index (χ3v) is 10.5. The largest absolute Gasteiger partial charge is 0.391 e. The van der Waals surface area contributed by atoms with Gasteiger partial charge in [-0.3, -0.25) is 19.1 Å². The fraction of sp³-hybridized carbons (Fsp3) is 0.562. The van der Waals surface area contributed by atoms with Crippen LogP contribution in [0.3, 0.4) is 0 Å². The summed E-state index contributed by atoms with van der Waals surface area (Å²) in [5, 5.41) is 9.17. The molecule has 0 saturated carbocycles. The maximum absolute atomic E-state index is 15.4. The van der Waals surface area contributed by atoms with Gasteiger partial charge < -0.3 is 19.8 Å². The van der Waals surface area contributed by atoms with Crippen LogP contribution in [0.2, 0.25) is 0 Å². The molecule has 0 bridgehead atoms. The molecule has 3 saturated heterocycles. The van der Waals surface area contributed by atoms with Crippen LogP contribution in [0.4, 0.5) is 10.1 Å². The smallest absolute Gasteiger partial charge is 0.327 e. The standard InChI is InChI=1S/C32H41FN6O4S/c1-32(2,3)12-17-38-29(42)25(44-30(38)22-6-4-7-23(33)27(22)37-16-11-21(40)19-37)18-26(41)36-14-9-20(10-15-36)39-24-8-5-13-34-28(24)35-31(39)43/h4-8,13,20-21,25,30,40H,9-12,14-19H2,1-3H3,(H,34,35,43)/t21-,25-,30?/m0/s1. The average Bonchev–Trinajstić information content (AvgIpc) is 3.65. The minimum atomic E-state index is -0.576. The lowest BCUT2D eigenvalue weighted by Crippen LogP contribution is -2.42. The van der Waals surface area contributed by atoms with Gasteiger partial charge in [0.25, 0.3) is 0 Å². The number of hydrogen-bond donors (Lipinski definition) is 2. The van der Waals surface area contributed by atoms with E-state index in [9.17, 15) is 19.5 Å². The monoisotopic (exact) mass is 624 g/mol. The highest BCUT2D eigenvalue weighted by Crippen LogP contribution is 2.48. The first-order chi connectivity index (χ1) is 21.0. The fourth-order valence-electron chi connectivity index (χ4n) is 6.64. The van der Waals surface area contributed by atoms with Gasteiger partial charge in [0, 0.05) is 56.9 Å². The number of H-pyrrole nitrogens is 1. The lowest BCUT2D eigenvalue weighted by Gasteiger charge is -2.33. The molecule has 6 rings (SSSR count). The number of aromatic nitrogens is 3. The number of rotatable bonds is 7. The number of amides is 2. The Balaban J connectivity index is 1.18. The third-order valence-electron chi connectivity index (χ3n) is 9.03. The molecule has 2 aromatic heterocycles. The maximum Gasteiger partial charge on any atom is 0.327 e. The topological polar surface area (TPSA) is 115 Å². The first-order valence-corrected chi connectivity index (χ1v) is 16.4. The zero-order chi connectivity index (χ0) is 31.2. The van der Waals surface area contributed by atoms with E-state index in [0.29, 0.717) is 68.9 Å². The van der Waals surface area contributed by atoms with Crippen LogP contribution in [-0.4, -0.2) is 85.3 Å². The zero-order valence-corrected chi connectivity index (χ0v) is 26.4. The third kappa shape index (κ3) is 6.10. The van der Waals surface area contributed by atoms with Crippen LogP contribution in [0.5, 0.6) is 0 Å². The molecule has 0 spiro atoms. The van der Waals surface area contributed by atoms with Gasteiger partial charge in [-0.05, 0) is 49.3 Å². The molecule has 2 amide bonds. The highest BCUT2D eigenvalue weighted by molar-refractivity contribution is 8.01. The van der Waals surface area contributed by atoms with Crippen LogP contribution in [0.1, 0.15) is 69.9 Å². The number of hydrogen-bond acceptors (Lipinski definition) is 7. The molecule has 5 heterocycles. The van der Waals surface area contributed by atoms with E-state index in [1.807, 2.05) is 21.9 Å². The quantitative estimate of drug-likeness (QED) is 0.408. The summed E-state index contributed by atoms with van der Waals surface area (Å²) in [5.74, 6) is -0.546. The molecule has 3 aliphatic rings. The molecule has 3 aromatic rings. The number of nitrogens with zero attached hydrogens (tertiary/aromatic N) is 5. The van der Waals surface area contributed by atoms with Crippen molar-refractivity contribution in [1.82, 2.24) is 24.3 Å². The Labute approximate surface area is 260 Å². The number of imidazole rings is 1. The van der Waals surface area contributed by atoms with Gasteiger partial charge in [0.1, 0.15) is 11.2 Å². The molecule has 12 heteroatoms. The lowest BCUT2D eigenvalue weighted by atomic mass is 9.92. The van der Waals surface area contributed by atoms with E-state index in [0.717, 1.165) is 11.9 Å². The number of anilines is 1. The second kappa shape index (κ2) is 12.2. The number of para-hydroxylation sites is 1. The first kappa shape index (κ1) is 30.6. The summed E-state index contributed by atoms with van der Waals surface area (Å²) in [6.45, 7) is 8.76. The van der Waals surface area contributed by atoms with E-state index in [1.54, 1.807) is 27.8 Å². The average molecular weight is 625 g/mol. The Morgan fingerprint density at radius 2 is 1.89 bits per heavy atom. The molecule has 1 aromatic carbocycles. The molecule has 1 unspecified atom stereocenters. The summed E-state index contributed by atoms with van der Waals surface area (Å²) >= 11 is 1.42. The molecule has 3 aliphatic heterocycles. The molecule has 3 fully saturated rings. The lowest BCUT2D eigenvalue weighted by molar-refractivity contribution is -0.136. The van der Waals surface area contributed by atoms with Crippen LogP contribution in [0.25, 0.3) is 11.2 Å². The number of carbonyl (C=O) groups is 2. The van der Waals surface area contributed by atoms with Gasteiger partial charge >= 0.3 is 5.69 Å². The molecule has 0 radical (unpaired) electrons. The summed E-state index contributed by atoms with van der Waals surface area (Å²) in [6, 6.07) is 8.61. The Bertz CT molecular complexity index is 1590. The first-order valence-electron chi connectivity index (χ1n) is 15.5. The summed E-state index contributed by atoms with van der Waals surface area (Å²) < 4.78 is 17.1. The number of thioether (sulfide) groups is 1. The van der Waals surface area contributed by atoms with Crippen LogP contribution in [-0.2, 0) is 9.59 Å². The minimum absolute atomic E-state index is 0.0135. The number of pyridine rings is 1. The predicted molar refractivity (Wildman–Crippen MR) is 169 cm³/mol. The Morgan fingerprint density at radius 3 is 2.59 bits per heavy atom. The van der Waals surface area contributed by atoms with E-state index >= 15 is 4.39 Å². The van der Waals surface area contributed by atoms with Crippen molar-refractivity contribution in [2.75, 3.05) is 37.6 Å². The van der Waals surface area contributed by atoms with Gasteiger partial charge in [-0.25, -0.2) is 14.2 Å². The molecule has 44 heavy (non-hydrogen) atoms. The summed E-state index contributed by atoms with van der Waals surface area (Å²) in [7, 11) is 0. The summed E-state index contributed by atoms with van der Waals surface area (Å²) in [6.07, 6.45) is 3.80. The fourth-order valence-corrected chi connectivity index (χ4v) is 8.13. The Kier molecular flexibility index (Phi) is 8.49. The van der Waals surface area contributed by atoms with Gasteiger partial charge in [-0.15, -0.1) is 11.8 Å². The van der Waals surface area contributed by atoms with E-state index in [4.69, 9.17) is 0 Å². The van der Waals surface area contributed by atoms with E-state index in [-0.39, 0.29) is 41.2 Å². The number of carbonyl (C=O) groups excluding carboxylic acids is 2. The number of nitrogens with one attached hydrogen (secondary N) is 1. The van der Waals surface area contributed by atoms with E-state index in [2.05, 4.69) is 30.7 Å². The van der Waals surface area contributed by atoms with Crippen molar-refractivity contribution in [3.8, 4) is 0 Å². The van der Waals surface area contributed by atoms with Crippen molar-refractivity contribution in [3.05, 3.63) is 58.4 Å². The number of aliphatic hydroxyl groups excluding tert-OH is 1. The number of β-amino-alcohol motifs (C(OH)–C–C–N with tert-alkyl or cyclic N) is 1. The maximum atomic E-state index is 15.4. The molecular weight excluding hydrogens is 583 g/mol. The highest BCUT2D eigenvalue weighted by Gasteiger charge is 2.44. The molecular formula is C32H41FN6O4S. The number of aromatic amines is 1. The van der Waals surface area contributed by atoms with Gasteiger partial charge in [-0.1, -0.05) is 32.9 Å². The number of likely N-dealkylation sites (tertiary alicyclic amines) is 1. The Morgan fingerprint density at radius 1 is 1.11 bits per heavy atom. The van der Waals surface area contributed by atoms with Gasteiger partial charge in [-0.2, -0.15) is 0 Å². The number of benzene rings is 1. The zero-order valence-electron chi connectivity index (χ0n) is 25.5. The second-order valence-electron chi connectivity index (χ2n) is 13.4. The number of aliphatic hydroxyl groups is 1. The van der Waals surface area contributed by atoms with Gasteiger partial charge in [0.15, 0.2) is 5.65 Å². The molecule has 236 valence electrons. The van der Waals surface area contributed by atoms with Crippen molar-refractivity contribution in [2.24, 2.45) is 5.41 Å². The number of halogens is 1. The predicted octanol–water partition coefficient (Wildman–Crippen LogP) is 4.07. The van der Waals surface area contributed by atoms with Crippen molar-refractivity contribution < 1.29 is 19.1 Å². The van der Waals surface area contributed by atoms with Crippen LogP contribution in [0, 0.1) is 11.2 Å². The Hall–Kier alpha value is -3.38. The van der Waals surface area contributed by atoms with Gasteiger partial charge in [0.05, 0.1) is 22.6 Å². The normalized spacial score (nSPS) is 23.3. The molecule has 3 atom stereocenters. The molecule has 2 N–H and O–H groups in total.